The highest BCUT2D eigenvalue weighted by atomic mass is 32.2. The first-order chi connectivity index (χ1) is 15.7. The first kappa shape index (κ1) is 20.0. The fraction of sp³-hybridized carbons (Fsp3) is 0.0741. The Kier molecular flexibility index (Phi) is 5.22. The van der Waals surface area contributed by atoms with Gasteiger partial charge in [0.1, 0.15) is 6.61 Å². The molecule has 154 valence electrons. The summed E-state index contributed by atoms with van der Waals surface area (Å²) < 4.78 is 5.38. The maximum Gasteiger partial charge on any atom is 0.316 e. The van der Waals surface area contributed by atoms with Gasteiger partial charge in [-0.15, -0.1) is 11.8 Å². The second kappa shape index (κ2) is 8.33. The summed E-state index contributed by atoms with van der Waals surface area (Å²) in [6.07, 6.45) is 0. The highest BCUT2D eigenvalue weighted by Crippen LogP contribution is 2.42. The third kappa shape index (κ3) is 3.45. The molecule has 4 nitrogen and oxygen atoms in total. The van der Waals surface area contributed by atoms with Crippen molar-refractivity contribution in [3.8, 4) is 17.2 Å². The van der Waals surface area contributed by atoms with Gasteiger partial charge in [-0.2, -0.15) is 5.26 Å². The Morgan fingerprint density at radius 2 is 1.59 bits per heavy atom. The van der Waals surface area contributed by atoms with Crippen LogP contribution in [0.2, 0.25) is 0 Å². The number of carbonyl (C=O) groups excluding carboxylic acids is 2. The van der Waals surface area contributed by atoms with Gasteiger partial charge in [0.15, 0.2) is 5.78 Å². The molecule has 1 aliphatic rings. The van der Waals surface area contributed by atoms with Gasteiger partial charge in [0, 0.05) is 27.0 Å². The van der Waals surface area contributed by atoms with Gasteiger partial charge >= 0.3 is 5.97 Å². The van der Waals surface area contributed by atoms with E-state index in [1.807, 2.05) is 60.7 Å². The molecule has 5 heteroatoms. The molecule has 4 aromatic carbocycles. The van der Waals surface area contributed by atoms with Crippen LogP contribution in [0.3, 0.4) is 0 Å². The molecule has 0 fully saturated rings. The second-order valence-corrected chi connectivity index (χ2v) is 8.45. The van der Waals surface area contributed by atoms with E-state index in [0.29, 0.717) is 22.3 Å². The Hall–Kier alpha value is -3.88. The van der Waals surface area contributed by atoms with Crippen molar-refractivity contribution in [2.75, 3.05) is 5.75 Å². The molecule has 0 radical (unpaired) electrons. The number of hydrogen-bond acceptors (Lipinski definition) is 5. The molecule has 32 heavy (non-hydrogen) atoms. The molecule has 0 unspecified atom stereocenters. The lowest BCUT2D eigenvalue weighted by Gasteiger charge is -2.21. The lowest BCUT2D eigenvalue weighted by Crippen LogP contribution is -2.10. The molecule has 0 spiro atoms. The topological polar surface area (TPSA) is 67.2 Å². The average molecular weight is 436 g/mol. The molecule has 0 saturated heterocycles. The molecule has 0 N–H and O–H groups in total. The van der Waals surface area contributed by atoms with Crippen molar-refractivity contribution in [1.82, 2.24) is 0 Å². The number of ether oxygens (including phenoxy) is 1. The maximum atomic E-state index is 13.0. The molecule has 0 aliphatic heterocycles. The van der Waals surface area contributed by atoms with E-state index in [9.17, 15) is 9.59 Å². The van der Waals surface area contributed by atoms with Gasteiger partial charge in [0.25, 0.3) is 0 Å². The number of nitrogens with zero attached hydrogens (tertiary/aromatic N) is 1. The molecule has 1 aliphatic carbocycles. The molecule has 0 saturated carbocycles. The molecule has 5 rings (SSSR count). The van der Waals surface area contributed by atoms with Crippen molar-refractivity contribution in [2.45, 2.75) is 11.5 Å². The quantitative estimate of drug-likeness (QED) is 0.259. The summed E-state index contributed by atoms with van der Waals surface area (Å²) in [5, 5.41) is 11.0. The molecule has 0 heterocycles. The highest BCUT2D eigenvalue weighted by molar-refractivity contribution is 8.00. The smallest absolute Gasteiger partial charge is 0.316 e. The molecule has 0 atom stereocenters. The summed E-state index contributed by atoms with van der Waals surface area (Å²) in [5.41, 5.74) is 4.57. The Morgan fingerprint density at radius 3 is 2.44 bits per heavy atom. The average Bonchev–Trinajstić information content (AvgIpc) is 2.85. The number of benzene rings is 4. The van der Waals surface area contributed by atoms with E-state index >= 15 is 0 Å². The maximum absolute atomic E-state index is 13.0. The van der Waals surface area contributed by atoms with E-state index in [-0.39, 0.29) is 24.1 Å². The Labute approximate surface area is 189 Å². The molecule has 0 amide bonds. The van der Waals surface area contributed by atoms with Crippen LogP contribution in [0.15, 0.2) is 83.8 Å². The Bertz CT molecular complexity index is 1430. The summed E-state index contributed by atoms with van der Waals surface area (Å²) in [4.78, 5) is 26.3. The van der Waals surface area contributed by atoms with Gasteiger partial charge < -0.3 is 4.74 Å². The monoisotopic (exact) mass is 435 g/mol. The van der Waals surface area contributed by atoms with Gasteiger partial charge in [-0.25, -0.2) is 0 Å². The Balaban J connectivity index is 1.39. The highest BCUT2D eigenvalue weighted by Gasteiger charge is 2.25. The van der Waals surface area contributed by atoms with Crippen LogP contribution in [-0.4, -0.2) is 17.5 Å². The molecule has 0 bridgehead atoms. The largest absolute Gasteiger partial charge is 0.460 e. The van der Waals surface area contributed by atoms with E-state index in [0.717, 1.165) is 26.8 Å². The van der Waals surface area contributed by atoms with E-state index in [4.69, 9.17) is 10.00 Å². The summed E-state index contributed by atoms with van der Waals surface area (Å²) in [6, 6.07) is 26.6. The van der Waals surface area contributed by atoms with Crippen LogP contribution in [0.4, 0.5) is 0 Å². The normalized spacial score (nSPS) is 11.7. The molecular formula is C27H17NO3S. The zero-order valence-electron chi connectivity index (χ0n) is 17.0. The third-order valence-corrected chi connectivity index (χ3v) is 6.63. The van der Waals surface area contributed by atoms with E-state index in [2.05, 4.69) is 6.07 Å². The number of thioether (sulfide) groups is 1. The van der Waals surface area contributed by atoms with Gasteiger partial charge in [-0.3, -0.25) is 9.59 Å². The Morgan fingerprint density at radius 1 is 0.844 bits per heavy atom. The first-order valence-electron chi connectivity index (χ1n) is 10.1. The van der Waals surface area contributed by atoms with E-state index in [1.54, 1.807) is 18.2 Å². The van der Waals surface area contributed by atoms with Crippen LogP contribution in [0.25, 0.3) is 21.9 Å². The van der Waals surface area contributed by atoms with Crippen molar-refractivity contribution < 1.29 is 14.3 Å². The lowest BCUT2D eigenvalue weighted by molar-refractivity contribution is -0.141. The van der Waals surface area contributed by atoms with Crippen molar-refractivity contribution >= 4 is 34.3 Å². The number of carbonyl (C=O) groups is 2. The minimum Gasteiger partial charge on any atom is -0.460 e. The van der Waals surface area contributed by atoms with Gasteiger partial charge in [-0.05, 0) is 28.6 Å². The summed E-state index contributed by atoms with van der Waals surface area (Å²) in [6.45, 7) is 0.0677. The van der Waals surface area contributed by atoms with Crippen LogP contribution in [0.1, 0.15) is 27.0 Å². The van der Waals surface area contributed by atoms with Crippen LogP contribution < -0.4 is 0 Å². The van der Waals surface area contributed by atoms with Crippen LogP contribution in [0.5, 0.6) is 0 Å². The number of esters is 1. The SMILES string of the molecule is N#Cc1ccccc1COC(=O)CSc1ccc2c3c(cccc13)C(=O)c1ccccc1-2. The van der Waals surface area contributed by atoms with Crippen LogP contribution in [-0.2, 0) is 16.1 Å². The van der Waals surface area contributed by atoms with Crippen LogP contribution in [0, 0.1) is 11.3 Å². The zero-order chi connectivity index (χ0) is 22.1. The summed E-state index contributed by atoms with van der Waals surface area (Å²) in [5.74, 6) is -0.196. The molecular weight excluding hydrogens is 418 g/mol. The van der Waals surface area contributed by atoms with Crippen molar-refractivity contribution in [3.05, 3.63) is 101 Å². The summed E-state index contributed by atoms with van der Waals surface area (Å²) >= 11 is 1.39. The lowest BCUT2D eigenvalue weighted by atomic mass is 9.83. The zero-order valence-corrected chi connectivity index (χ0v) is 17.8. The van der Waals surface area contributed by atoms with Gasteiger partial charge in [0.05, 0.1) is 17.4 Å². The second-order valence-electron chi connectivity index (χ2n) is 7.43. The predicted molar refractivity (Wildman–Crippen MR) is 124 cm³/mol. The number of nitriles is 1. The fourth-order valence-electron chi connectivity index (χ4n) is 4.07. The molecule has 0 aromatic heterocycles. The van der Waals surface area contributed by atoms with Crippen molar-refractivity contribution in [3.63, 3.8) is 0 Å². The number of hydrogen-bond donors (Lipinski definition) is 0. The van der Waals surface area contributed by atoms with E-state index in [1.165, 1.54) is 11.8 Å². The predicted octanol–water partition coefficient (Wildman–Crippen LogP) is 5.76. The van der Waals surface area contributed by atoms with E-state index < -0.39 is 0 Å². The number of rotatable bonds is 5. The molecule has 4 aromatic rings. The van der Waals surface area contributed by atoms with Crippen molar-refractivity contribution in [2.24, 2.45) is 0 Å². The van der Waals surface area contributed by atoms with Crippen molar-refractivity contribution in [1.29, 1.82) is 5.26 Å². The number of ketones is 1. The summed E-state index contributed by atoms with van der Waals surface area (Å²) in [7, 11) is 0. The number of fused-ring (bicyclic) bond motifs is 2. The standard InChI is InChI=1S/C27H17NO3S/c28-14-17-6-1-2-7-18(17)15-31-25(29)16-32-24-13-12-20-19-8-3-4-9-21(19)27(30)23-11-5-10-22(24)26(20)23/h1-13H,15-16H2. The van der Waals surface area contributed by atoms with Crippen LogP contribution >= 0.6 is 11.8 Å². The first-order valence-corrected chi connectivity index (χ1v) is 11.1. The van der Waals surface area contributed by atoms with Gasteiger partial charge in [0.2, 0.25) is 0 Å². The third-order valence-electron chi connectivity index (χ3n) is 5.58. The minimum atomic E-state index is -0.357. The fourth-order valence-corrected chi connectivity index (χ4v) is 4.92. The minimum absolute atomic E-state index is 0.0245. The van der Waals surface area contributed by atoms with Gasteiger partial charge in [-0.1, -0.05) is 66.7 Å².